The minimum absolute atomic E-state index is 0.0107. The molecule has 2 rings (SSSR count). The molecule has 0 saturated heterocycles. The molecule has 0 aliphatic rings. The highest BCUT2D eigenvalue weighted by Crippen LogP contribution is 2.27. The van der Waals surface area contributed by atoms with Gasteiger partial charge in [0.05, 0.1) is 26.5 Å². The van der Waals surface area contributed by atoms with Gasteiger partial charge in [0.1, 0.15) is 11.1 Å². The second kappa shape index (κ2) is 10.1. The highest BCUT2D eigenvalue weighted by atomic mass is 32.1. The standard InChI is InChI=1S/C19H28N4O3S/c1-13(24-4)18-22-15(12-27-18)11-23(3)19(20-2)21-10-14-7-8-16(25-5)17(9-14)26-6/h7-9,12-13H,10-11H2,1-6H3,(H,20,21). The summed E-state index contributed by atoms with van der Waals surface area (Å²) in [5.74, 6) is 2.22. The number of hydrogen-bond donors (Lipinski definition) is 1. The zero-order valence-corrected chi connectivity index (χ0v) is 17.6. The highest BCUT2D eigenvalue weighted by molar-refractivity contribution is 7.09. The number of aromatic nitrogens is 1. The number of ether oxygens (including phenoxy) is 3. The molecule has 0 bridgehead atoms. The first-order valence-electron chi connectivity index (χ1n) is 8.62. The van der Waals surface area contributed by atoms with Crippen molar-refractivity contribution < 1.29 is 14.2 Å². The quantitative estimate of drug-likeness (QED) is 0.550. The lowest BCUT2D eigenvalue weighted by Gasteiger charge is -2.21. The maximum atomic E-state index is 5.36. The summed E-state index contributed by atoms with van der Waals surface area (Å²) in [6, 6.07) is 5.86. The second-order valence-electron chi connectivity index (χ2n) is 6.00. The number of rotatable bonds is 8. The van der Waals surface area contributed by atoms with Gasteiger partial charge in [-0.15, -0.1) is 11.3 Å². The van der Waals surface area contributed by atoms with Crippen LogP contribution in [0.3, 0.4) is 0 Å². The first-order valence-corrected chi connectivity index (χ1v) is 9.50. The molecule has 0 spiro atoms. The number of methoxy groups -OCH3 is 3. The molecule has 7 nitrogen and oxygen atoms in total. The van der Waals surface area contributed by atoms with Gasteiger partial charge < -0.3 is 24.4 Å². The van der Waals surface area contributed by atoms with Gasteiger partial charge in [-0.2, -0.15) is 0 Å². The fourth-order valence-corrected chi connectivity index (χ4v) is 3.40. The first kappa shape index (κ1) is 21.0. The normalized spacial score (nSPS) is 12.6. The number of benzene rings is 1. The van der Waals surface area contributed by atoms with Gasteiger partial charge in [0.15, 0.2) is 17.5 Å². The van der Waals surface area contributed by atoms with Crippen LogP contribution in [0.25, 0.3) is 0 Å². The van der Waals surface area contributed by atoms with Crippen molar-refractivity contribution in [3.8, 4) is 11.5 Å². The Labute approximate surface area is 165 Å². The third kappa shape index (κ3) is 5.58. The molecule has 0 saturated carbocycles. The van der Waals surface area contributed by atoms with Gasteiger partial charge in [0.25, 0.3) is 0 Å². The second-order valence-corrected chi connectivity index (χ2v) is 6.89. The van der Waals surface area contributed by atoms with Gasteiger partial charge >= 0.3 is 0 Å². The van der Waals surface area contributed by atoms with Crippen LogP contribution in [0.2, 0.25) is 0 Å². The Morgan fingerprint density at radius 3 is 2.63 bits per heavy atom. The molecule has 1 heterocycles. The van der Waals surface area contributed by atoms with Crippen LogP contribution < -0.4 is 14.8 Å². The maximum absolute atomic E-state index is 5.36. The third-order valence-electron chi connectivity index (χ3n) is 4.14. The molecule has 0 radical (unpaired) electrons. The summed E-state index contributed by atoms with van der Waals surface area (Å²) < 4.78 is 16.0. The van der Waals surface area contributed by atoms with Gasteiger partial charge in [-0.3, -0.25) is 4.99 Å². The molecular formula is C19H28N4O3S. The number of nitrogens with zero attached hydrogens (tertiary/aromatic N) is 3. The largest absolute Gasteiger partial charge is 0.493 e. The Morgan fingerprint density at radius 1 is 1.26 bits per heavy atom. The summed E-state index contributed by atoms with van der Waals surface area (Å²) in [6.45, 7) is 3.29. The van der Waals surface area contributed by atoms with Gasteiger partial charge in [-0.25, -0.2) is 4.98 Å². The average molecular weight is 393 g/mol. The van der Waals surface area contributed by atoms with E-state index in [-0.39, 0.29) is 6.10 Å². The molecule has 1 aromatic carbocycles. The molecule has 1 unspecified atom stereocenters. The summed E-state index contributed by atoms with van der Waals surface area (Å²) in [7, 11) is 8.71. The van der Waals surface area contributed by atoms with Crippen LogP contribution in [0.5, 0.6) is 11.5 Å². The van der Waals surface area contributed by atoms with Crippen LogP contribution in [0, 0.1) is 0 Å². The molecule has 1 N–H and O–H groups in total. The molecule has 0 amide bonds. The topological polar surface area (TPSA) is 68.2 Å². The van der Waals surface area contributed by atoms with E-state index in [2.05, 4.69) is 20.7 Å². The third-order valence-corrected chi connectivity index (χ3v) is 5.20. The fourth-order valence-electron chi connectivity index (χ4n) is 2.56. The number of thiazole rings is 1. The van der Waals surface area contributed by atoms with E-state index in [4.69, 9.17) is 14.2 Å². The summed E-state index contributed by atoms with van der Waals surface area (Å²) >= 11 is 1.61. The Kier molecular flexibility index (Phi) is 7.87. The smallest absolute Gasteiger partial charge is 0.194 e. The SMILES string of the molecule is CN=C(NCc1ccc(OC)c(OC)c1)N(C)Cc1csc(C(C)OC)n1. The molecule has 1 aromatic heterocycles. The highest BCUT2D eigenvalue weighted by Gasteiger charge is 2.13. The van der Waals surface area contributed by atoms with Gasteiger partial charge in [-0.05, 0) is 24.6 Å². The van der Waals surface area contributed by atoms with Crippen LogP contribution in [0.1, 0.15) is 29.3 Å². The van der Waals surface area contributed by atoms with Gasteiger partial charge in [0, 0.05) is 33.1 Å². The van der Waals surface area contributed by atoms with Crippen LogP contribution in [-0.4, -0.2) is 51.3 Å². The lowest BCUT2D eigenvalue weighted by molar-refractivity contribution is 0.119. The Balaban J connectivity index is 1.97. The number of hydrogen-bond acceptors (Lipinski definition) is 6. The molecule has 0 aliphatic carbocycles. The van der Waals surface area contributed by atoms with E-state index in [0.29, 0.717) is 24.6 Å². The molecule has 2 aromatic rings. The predicted octanol–water partition coefficient (Wildman–Crippen LogP) is 3.08. The van der Waals surface area contributed by atoms with E-state index >= 15 is 0 Å². The van der Waals surface area contributed by atoms with E-state index in [0.717, 1.165) is 22.2 Å². The molecular weight excluding hydrogens is 364 g/mol. The lowest BCUT2D eigenvalue weighted by Crippen LogP contribution is -2.38. The van der Waals surface area contributed by atoms with Crippen LogP contribution in [0.4, 0.5) is 0 Å². The summed E-state index contributed by atoms with van der Waals surface area (Å²) in [5.41, 5.74) is 2.07. The predicted molar refractivity (Wildman–Crippen MR) is 109 cm³/mol. The molecule has 0 fully saturated rings. The average Bonchev–Trinajstić information content (AvgIpc) is 3.15. The van der Waals surface area contributed by atoms with Crippen molar-refractivity contribution in [3.05, 3.63) is 39.8 Å². The van der Waals surface area contributed by atoms with Crippen molar-refractivity contribution in [3.63, 3.8) is 0 Å². The zero-order valence-electron chi connectivity index (χ0n) is 16.8. The van der Waals surface area contributed by atoms with Gasteiger partial charge in [-0.1, -0.05) is 6.07 Å². The summed E-state index contributed by atoms with van der Waals surface area (Å²) in [4.78, 5) is 11.0. The van der Waals surface area contributed by atoms with Crippen molar-refractivity contribution in [2.45, 2.75) is 26.1 Å². The molecule has 0 aliphatic heterocycles. The zero-order chi connectivity index (χ0) is 19.8. The summed E-state index contributed by atoms with van der Waals surface area (Å²) in [5, 5.41) is 6.40. The van der Waals surface area contributed by atoms with Crippen molar-refractivity contribution in [1.82, 2.24) is 15.2 Å². The molecule has 1 atom stereocenters. The van der Waals surface area contributed by atoms with Gasteiger partial charge in [0.2, 0.25) is 0 Å². The van der Waals surface area contributed by atoms with E-state index in [1.807, 2.05) is 37.1 Å². The van der Waals surface area contributed by atoms with Crippen LogP contribution in [0.15, 0.2) is 28.6 Å². The van der Waals surface area contributed by atoms with E-state index < -0.39 is 0 Å². The summed E-state index contributed by atoms with van der Waals surface area (Å²) in [6.07, 6.45) is 0.0107. The van der Waals surface area contributed by atoms with Crippen molar-refractivity contribution >= 4 is 17.3 Å². The van der Waals surface area contributed by atoms with E-state index in [1.165, 1.54) is 0 Å². The number of guanidine groups is 1. The maximum Gasteiger partial charge on any atom is 0.194 e. The van der Waals surface area contributed by atoms with Crippen molar-refractivity contribution in [2.24, 2.45) is 4.99 Å². The minimum atomic E-state index is 0.0107. The number of aliphatic imine (C=N–C) groups is 1. The van der Waals surface area contributed by atoms with Crippen LogP contribution >= 0.6 is 11.3 Å². The molecule has 8 heteroatoms. The Hall–Kier alpha value is -2.32. The minimum Gasteiger partial charge on any atom is -0.493 e. The van der Waals surface area contributed by atoms with E-state index in [1.54, 1.807) is 39.7 Å². The Bertz CT molecular complexity index is 763. The van der Waals surface area contributed by atoms with Crippen LogP contribution in [-0.2, 0) is 17.8 Å². The van der Waals surface area contributed by atoms with Crippen molar-refractivity contribution in [2.75, 3.05) is 35.4 Å². The molecule has 27 heavy (non-hydrogen) atoms. The number of nitrogens with one attached hydrogen (secondary N) is 1. The van der Waals surface area contributed by atoms with E-state index in [9.17, 15) is 0 Å². The monoisotopic (exact) mass is 392 g/mol. The fraction of sp³-hybridized carbons (Fsp3) is 0.474. The first-order chi connectivity index (χ1) is 13.0. The molecule has 148 valence electrons. The van der Waals surface area contributed by atoms with Crippen molar-refractivity contribution in [1.29, 1.82) is 0 Å². The lowest BCUT2D eigenvalue weighted by atomic mass is 10.2. The Morgan fingerprint density at radius 2 is 2.00 bits per heavy atom.